The molecular formula is C19H22N4O2. The number of methoxy groups -OCH3 is 1. The van der Waals surface area contributed by atoms with Crippen molar-refractivity contribution >= 4 is 16.9 Å². The minimum absolute atomic E-state index is 0.160. The second-order valence-corrected chi connectivity index (χ2v) is 6.27. The van der Waals surface area contributed by atoms with Gasteiger partial charge in [0, 0.05) is 38.4 Å². The number of rotatable bonds is 4. The van der Waals surface area contributed by atoms with E-state index < -0.39 is 0 Å². The lowest BCUT2D eigenvalue weighted by Gasteiger charge is -2.37. The maximum atomic E-state index is 5.93. The minimum Gasteiger partial charge on any atom is -0.497 e. The summed E-state index contributed by atoms with van der Waals surface area (Å²) >= 11 is 0. The fourth-order valence-corrected chi connectivity index (χ4v) is 3.26. The predicted molar refractivity (Wildman–Crippen MR) is 97.0 cm³/mol. The van der Waals surface area contributed by atoms with Gasteiger partial charge in [0.2, 0.25) is 5.89 Å². The fourth-order valence-electron chi connectivity index (χ4n) is 3.26. The van der Waals surface area contributed by atoms with E-state index in [0.29, 0.717) is 0 Å². The summed E-state index contributed by atoms with van der Waals surface area (Å²) in [6, 6.07) is 11.9. The molecule has 0 amide bonds. The quantitative estimate of drug-likeness (QED) is 0.728. The number of para-hydroxylation sites is 2. The van der Waals surface area contributed by atoms with Gasteiger partial charge in [-0.2, -0.15) is 0 Å². The molecule has 0 saturated carbocycles. The number of ether oxygens (including phenoxy) is 1. The fraction of sp³-hybridized carbons (Fsp3) is 0.368. The van der Waals surface area contributed by atoms with Crippen molar-refractivity contribution < 1.29 is 9.15 Å². The summed E-state index contributed by atoms with van der Waals surface area (Å²) in [4.78, 5) is 13.8. The summed E-state index contributed by atoms with van der Waals surface area (Å²) in [5.41, 5.74) is 1.77. The van der Waals surface area contributed by atoms with Crippen LogP contribution in [-0.2, 0) is 0 Å². The van der Waals surface area contributed by atoms with Crippen molar-refractivity contribution in [2.24, 2.45) is 0 Å². The van der Waals surface area contributed by atoms with Gasteiger partial charge in [0.15, 0.2) is 5.58 Å². The Morgan fingerprint density at radius 1 is 1.12 bits per heavy atom. The van der Waals surface area contributed by atoms with Gasteiger partial charge in [0.05, 0.1) is 13.2 Å². The minimum atomic E-state index is 0.160. The molecule has 0 N–H and O–H groups in total. The Labute approximate surface area is 147 Å². The first-order valence-corrected chi connectivity index (χ1v) is 8.59. The monoisotopic (exact) mass is 338 g/mol. The predicted octanol–water partition coefficient (Wildman–Crippen LogP) is 3.11. The summed E-state index contributed by atoms with van der Waals surface area (Å²) in [7, 11) is 1.68. The standard InChI is InChI=1S/C19H22N4O2/c1-14(19-21-16-5-3-4-6-17(16)25-19)22-9-11-23(12-10-22)18-13-15(24-2)7-8-20-18/h3-8,13-14H,9-12H2,1-2H3. The highest BCUT2D eigenvalue weighted by atomic mass is 16.5. The number of oxazole rings is 1. The van der Waals surface area contributed by atoms with E-state index in [0.717, 1.165) is 54.7 Å². The molecule has 4 rings (SSSR count). The van der Waals surface area contributed by atoms with E-state index in [4.69, 9.17) is 9.15 Å². The van der Waals surface area contributed by atoms with Crippen molar-refractivity contribution in [3.05, 3.63) is 48.5 Å². The zero-order valence-electron chi connectivity index (χ0n) is 14.6. The summed E-state index contributed by atoms with van der Waals surface area (Å²) < 4.78 is 11.2. The number of aromatic nitrogens is 2. The molecule has 1 fully saturated rings. The van der Waals surface area contributed by atoms with E-state index in [1.807, 2.05) is 36.4 Å². The second kappa shape index (κ2) is 6.72. The van der Waals surface area contributed by atoms with Crippen LogP contribution in [0.2, 0.25) is 0 Å². The van der Waals surface area contributed by atoms with Gasteiger partial charge in [-0.25, -0.2) is 9.97 Å². The Bertz CT molecular complexity index is 822. The number of nitrogens with zero attached hydrogens (tertiary/aromatic N) is 4. The van der Waals surface area contributed by atoms with E-state index >= 15 is 0 Å². The molecule has 3 aromatic rings. The molecule has 6 nitrogen and oxygen atoms in total. The number of hydrogen-bond acceptors (Lipinski definition) is 6. The largest absolute Gasteiger partial charge is 0.497 e. The Morgan fingerprint density at radius 2 is 1.92 bits per heavy atom. The van der Waals surface area contributed by atoms with Gasteiger partial charge in [0.25, 0.3) is 0 Å². The van der Waals surface area contributed by atoms with Crippen molar-refractivity contribution in [2.45, 2.75) is 13.0 Å². The van der Waals surface area contributed by atoms with E-state index in [2.05, 4.69) is 26.7 Å². The van der Waals surface area contributed by atoms with Gasteiger partial charge >= 0.3 is 0 Å². The molecule has 1 aromatic carbocycles. The highest BCUT2D eigenvalue weighted by Gasteiger charge is 2.25. The van der Waals surface area contributed by atoms with Crippen molar-refractivity contribution in [3.63, 3.8) is 0 Å². The lowest BCUT2D eigenvalue weighted by molar-refractivity contribution is 0.175. The molecule has 1 aliphatic rings. The van der Waals surface area contributed by atoms with Gasteiger partial charge in [-0.05, 0) is 25.1 Å². The summed E-state index contributed by atoms with van der Waals surface area (Å²) in [6.07, 6.45) is 1.79. The highest BCUT2D eigenvalue weighted by molar-refractivity contribution is 5.72. The molecule has 130 valence electrons. The first-order chi connectivity index (χ1) is 12.2. The number of anilines is 1. The first kappa shape index (κ1) is 15.9. The third kappa shape index (κ3) is 3.17. The molecule has 2 aromatic heterocycles. The molecule has 25 heavy (non-hydrogen) atoms. The highest BCUT2D eigenvalue weighted by Crippen LogP contribution is 2.26. The average molecular weight is 338 g/mol. The number of hydrogen-bond donors (Lipinski definition) is 0. The van der Waals surface area contributed by atoms with Crippen LogP contribution < -0.4 is 9.64 Å². The summed E-state index contributed by atoms with van der Waals surface area (Å²) in [5, 5.41) is 0. The second-order valence-electron chi connectivity index (χ2n) is 6.27. The molecule has 1 atom stereocenters. The van der Waals surface area contributed by atoms with Crippen LogP contribution in [0.15, 0.2) is 47.0 Å². The van der Waals surface area contributed by atoms with Crippen LogP contribution in [0.4, 0.5) is 5.82 Å². The van der Waals surface area contributed by atoms with Crippen LogP contribution in [0.5, 0.6) is 5.75 Å². The van der Waals surface area contributed by atoms with Crippen molar-refractivity contribution in [1.29, 1.82) is 0 Å². The van der Waals surface area contributed by atoms with E-state index in [1.54, 1.807) is 13.3 Å². The van der Waals surface area contributed by atoms with Gasteiger partial charge in [-0.3, -0.25) is 4.90 Å². The lowest BCUT2D eigenvalue weighted by Crippen LogP contribution is -2.47. The van der Waals surface area contributed by atoms with E-state index in [1.165, 1.54) is 0 Å². The van der Waals surface area contributed by atoms with E-state index in [-0.39, 0.29) is 6.04 Å². The Balaban J connectivity index is 1.44. The average Bonchev–Trinajstić information content (AvgIpc) is 3.12. The maximum absolute atomic E-state index is 5.93. The van der Waals surface area contributed by atoms with Crippen LogP contribution in [0.1, 0.15) is 18.9 Å². The van der Waals surface area contributed by atoms with Crippen LogP contribution in [0, 0.1) is 0 Å². The van der Waals surface area contributed by atoms with Crippen molar-refractivity contribution in [1.82, 2.24) is 14.9 Å². The molecule has 1 saturated heterocycles. The SMILES string of the molecule is COc1ccnc(N2CCN(C(C)c3nc4ccccc4o3)CC2)c1. The molecule has 1 aliphatic heterocycles. The Kier molecular flexibility index (Phi) is 4.28. The molecule has 1 unspecified atom stereocenters. The number of piperazine rings is 1. The number of benzene rings is 1. The zero-order valence-corrected chi connectivity index (χ0v) is 14.6. The Morgan fingerprint density at radius 3 is 2.68 bits per heavy atom. The summed E-state index contributed by atoms with van der Waals surface area (Å²) in [5.74, 6) is 2.59. The van der Waals surface area contributed by atoms with E-state index in [9.17, 15) is 0 Å². The molecular weight excluding hydrogens is 316 g/mol. The lowest BCUT2D eigenvalue weighted by atomic mass is 10.2. The number of fused-ring (bicyclic) bond motifs is 1. The van der Waals surface area contributed by atoms with Crippen LogP contribution in [0.25, 0.3) is 11.1 Å². The van der Waals surface area contributed by atoms with Gasteiger partial charge < -0.3 is 14.1 Å². The van der Waals surface area contributed by atoms with Crippen LogP contribution in [-0.4, -0.2) is 48.2 Å². The van der Waals surface area contributed by atoms with Gasteiger partial charge in [-0.1, -0.05) is 12.1 Å². The molecule has 6 heteroatoms. The third-order valence-corrected chi connectivity index (χ3v) is 4.81. The zero-order chi connectivity index (χ0) is 17.2. The van der Waals surface area contributed by atoms with Crippen LogP contribution >= 0.6 is 0 Å². The molecule has 0 aliphatic carbocycles. The Hall–Kier alpha value is -2.60. The van der Waals surface area contributed by atoms with Crippen molar-refractivity contribution in [3.8, 4) is 5.75 Å². The van der Waals surface area contributed by atoms with Crippen LogP contribution in [0.3, 0.4) is 0 Å². The van der Waals surface area contributed by atoms with Crippen molar-refractivity contribution in [2.75, 3.05) is 38.2 Å². The topological polar surface area (TPSA) is 54.6 Å². The van der Waals surface area contributed by atoms with Gasteiger partial charge in [0.1, 0.15) is 17.1 Å². The first-order valence-electron chi connectivity index (χ1n) is 8.59. The maximum Gasteiger partial charge on any atom is 0.212 e. The molecule has 0 radical (unpaired) electrons. The normalized spacial score (nSPS) is 17.0. The summed E-state index contributed by atoms with van der Waals surface area (Å²) in [6.45, 7) is 5.89. The molecule has 0 bridgehead atoms. The third-order valence-electron chi connectivity index (χ3n) is 4.81. The smallest absolute Gasteiger partial charge is 0.212 e. The molecule has 3 heterocycles. The molecule has 0 spiro atoms. The van der Waals surface area contributed by atoms with Gasteiger partial charge in [-0.15, -0.1) is 0 Å². The number of pyridine rings is 1.